The van der Waals surface area contributed by atoms with Gasteiger partial charge in [0.25, 0.3) is 5.91 Å². The number of ether oxygens (including phenoxy) is 1. The van der Waals surface area contributed by atoms with E-state index in [-0.39, 0.29) is 40.5 Å². The van der Waals surface area contributed by atoms with Crippen molar-refractivity contribution in [3.8, 4) is 0 Å². The molecule has 1 aromatic carbocycles. The number of rotatable bonds is 9. The molecule has 31 heavy (non-hydrogen) atoms. The molecule has 0 radical (unpaired) electrons. The Kier molecular flexibility index (Phi) is 8.84. The summed E-state index contributed by atoms with van der Waals surface area (Å²) in [6, 6.07) is 3.76. The van der Waals surface area contributed by atoms with Crippen LogP contribution in [0.3, 0.4) is 0 Å². The van der Waals surface area contributed by atoms with Gasteiger partial charge in [-0.15, -0.1) is 0 Å². The second kappa shape index (κ2) is 10.9. The van der Waals surface area contributed by atoms with Crippen LogP contribution in [0.15, 0.2) is 23.1 Å². The van der Waals surface area contributed by atoms with Crippen molar-refractivity contribution in [2.75, 3.05) is 32.8 Å². The maximum atomic E-state index is 12.8. The maximum absolute atomic E-state index is 12.8. The molecule has 1 fully saturated rings. The lowest BCUT2D eigenvalue weighted by Gasteiger charge is -2.21. The summed E-state index contributed by atoms with van der Waals surface area (Å²) in [7, 11) is -3.82. The van der Waals surface area contributed by atoms with E-state index >= 15 is 0 Å². The smallest absolute Gasteiger partial charge is 0.338 e. The number of nitrogens with zero attached hydrogens (tertiary/aromatic N) is 2. The number of carbonyl (C=O) groups is 3. The van der Waals surface area contributed by atoms with Crippen LogP contribution in [0.2, 0.25) is 5.02 Å². The second-order valence-corrected chi connectivity index (χ2v) is 9.78. The highest BCUT2D eigenvalue weighted by molar-refractivity contribution is 7.89. The van der Waals surface area contributed by atoms with E-state index in [2.05, 4.69) is 5.32 Å². The molecule has 11 heteroatoms. The minimum absolute atomic E-state index is 0.00727. The molecule has 0 bridgehead atoms. The molecule has 1 N–H and O–H groups in total. The van der Waals surface area contributed by atoms with Gasteiger partial charge >= 0.3 is 5.97 Å². The number of carbonyl (C=O) groups excluding carboxylic acids is 3. The van der Waals surface area contributed by atoms with Gasteiger partial charge in [0.15, 0.2) is 6.61 Å². The number of benzene rings is 1. The second-order valence-electron chi connectivity index (χ2n) is 7.46. The first-order valence-electron chi connectivity index (χ1n) is 10.1. The molecule has 0 aromatic heterocycles. The standard InChI is InChI=1S/C20H28ClN3O6S/c1-4-23(12-18(25)22-14(2)3)19(26)13-30-20(27)15-7-8-16(21)17(11-15)31(28,29)24-9-5-6-10-24/h7-8,11,14H,4-6,9-10,12-13H2,1-3H3,(H,22,25). The molecule has 1 saturated heterocycles. The Hall–Kier alpha value is -2.17. The lowest BCUT2D eigenvalue weighted by Crippen LogP contribution is -2.44. The summed E-state index contributed by atoms with van der Waals surface area (Å²) in [6.07, 6.45) is 1.54. The highest BCUT2D eigenvalue weighted by Gasteiger charge is 2.30. The number of sulfonamides is 1. The average Bonchev–Trinajstić information content (AvgIpc) is 3.25. The summed E-state index contributed by atoms with van der Waals surface area (Å²) in [6.45, 7) is 5.67. The van der Waals surface area contributed by atoms with E-state index in [0.29, 0.717) is 13.1 Å². The number of esters is 1. The predicted molar refractivity (Wildman–Crippen MR) is 115 cm³/mol. The predicted octanol–water partition coefficient (Wildman–Crippen LogP) is 1.65. The van der Waals surface area contributed by atoms with Crippen molar-refractivity contribution in [1.82, 2.24) is 14.5 Å². The first kappa shape index (κ1) is 25.1. The van der Waals surface area contributed by atoms with Gasteiger partial charge in [0.2, 0.25) is 15.9 Å². The van der Waals surface area contributed by atoms with E-state index in [4.69, 9.17) is 16.3 Å². The Bertz CT molecular complexity index is 929. The summed E-state index contributed by atoms with van der Waals surface area (Å²) in [4.78, 5) is 37.7. The molecule has 0 saturated carbocycles. The Morgan fingerprint density at radius 1 is 1.23 bits per heavy atom. The molecule has 0 aliphatic carbocycles. The van der Waals surface area contributed by atoms with Crippen LogP contribution >= 0.6 is 11.6 Å². The largest absolute Gasteiger partial charge is 0.452 e. The van der Waals surface area contributed by atoms with Crippen molar-refractivity contribution in [1.29, 1.82) is 0 Å². The molecule has 172 valence electrons. The average molecular weight is 474 g/mol. The number of nitrogens with one attached hydrogen (secondary N) is 1. The number of halogens is 1. The van der Waals surface area contributed by atoms with Gasteiger partial charge in [0.1, 0.15) is 4.90 Å². The Labute approximate surface area is 187 Å². The minimum atomic E-state index is -3.82. The van der Waals surface area contributed by atoms with E-state index in [1.165, 1.54) is 21.3 Å². The third-order valence-electron chi connectivity index (χ3n) is 4.70. The van der Waals surface area contributed by atoms with E-state index < -0.39 is 28.5 Å². The van der Waals surface area contributed by atoms with Gasteiger partial charge in [-0.25, -0.2) is 13.2 Å². The molecular weight excluding hydrogens is 446 g/mol. The number of amides is 2. The van der Waals surface area contributed by atoms with Crippen molar-refractivity contribution < 1.29 is 27.5 Å². The van der Waals surface area contributed by atoms with Crippen LogP contribution in [0.5, 0.6) is 0 Å². The van der Waals surface area contributed by atoms with Gasteiger partial charge in [0, 0.05) is 25.7 Å². The van der Waals surface area contributed by atoms with Crippen LogP contribution in [0.25, 0.3) is 0 Å². The molecule has 2 amide bonds. The molecule has 0 unspecified atom stereocenters. The molecule has 9 nitrogen and oxygen atoms in total. The molecule has 1 aliphatic heterocycles. The van der Waals surface area contributed by atoms with Gasteiger partial charge < -0.3 is 15.0 Å². The Morgan fingerprint density at radius 3 is 2.45 bits per heavy atom. The van der Waals surface area contributed by atoms with Gasteiger partial charge in [-0.1, -0.05) is 11.6 Å². The normalized spacial score (nSPS) is 14.5. The van der Waals surface area contributed by atoms with Crippen LogP contribution in [0, 0.1) is 0 Å². The number of hydrogen-bond donors (Lipinski definition) is 1. The van der Waals surface area contributed by atoms with Gasteiger partial charge in [-0.05, 0) is 51.8 Å². The Morgan fingerprint density at radius 2 is 1.87 bits per heavy atom. The number of hydrogen-bond acceptors (Lipinski definition) is 6. The quantitative estimate of drug-likeness (QED) is 0.545. The third-order valence-corrected chi connectivity index (χ3v) is 7.08. The molecule has 2 rings (SSSR count). The Balaban J connectivity index is 2.05. The summed E-state index contributed by atoms with van der Waals surface area (Å²) in [5, 5.41) is 2.70. The highest BCUT2D eigenvalue weighted by Crippen LogP contribution is 2.28. The van der Waals surface area contributed by atoms with E-state index in [1.807, 2.05) is 13.8 Å². The molecule has 1 aromatic rings. The zero-order valence-electron chi connectivity index (χ0n) is 17.9. The van der Waals surface area contributed by atoms with E-state index in [1.54, 1.807) is 6.92 Å². The topological polar surface area (TPSA) is 113 Å². The van der Waals surface area contributed by atoms with E-state index in [0.717, 1.165) is 18.9 Å². The van der Waals surface area contributed by atoms with Gasteiger partial charge in [0.05, 0.1) is 17.1 Å². The van der Waals surface area contributed by atoms with Gasteiger partial charge in [-0.2, -0.15) is 4.31 Å². The van der Waals surface area contributed by atoms with Crippen LogP contribution in [0.1, 0.15) is 44.0 Å². The van der Waals surface area contributed by atoms with Crippen LogP contribution in [0.4, 0.5) is 0 Å². The van der Waals surface area contributed by atoms with Crippen molar-refractivity contribution in [2.45, 2.75) is 44.6 Å². The first-order chi connectivity index (χ1) is 14.6. The van der Waals surface area contributed by atoms with Gasteiger partial charge in [-0.3, -0.25) is 9.59 Å². The lowest BCUT2D eigenvalue weighted by molar-refractivity contribution is -0.138. The fraction of sp³-hybridized carbons (Fsp3) is 0.550. The fourth-order valence-corrected chi connectivity index (χ4v) is 5.13. The van der Waals surface area contributed by atoms with E-state index in [9.17, 15) is 22.8 Å². The van der Waals surface area contributed by atoms with Crippen LogP contribution in [-0.4, -0.2) is 74.2 Å². The molecular formula is C20H28ClN3O6S. The highest BCUT2D eigenvalue weighted by atomic mass is 35.5. The summed E-state index contributed by atoms with van der Waals surface area (Å²) in [5.41, 5.74) is -0.0319. The molecule has 1 aliphatic rings. The maximum Gasteiger partial charge on any atom is 0.338 e. The third kappa shape index (κ3) is 6.65. The minimum Gasteiger partial charge on any atom is -0.452 e. The van der Waals surface area contributed by atoms with Crippen molar-refractivity contribution in [2.24, 2.45) is 0 Å². The zero-order chi connectivity index (χ0) is 23.2. The number of likely N-dealkylation sites (N-methyl/N-ethyl adjacent to an activating group) is 1. The molecule has 0 spiro atoms. The summed E-state index contributed by atoms with van der Waals surface area (Å²) >= 11 is 6.08. The zero-order valence-corrected chi connectivity index (χ0v) is 19.5. The molecule has 1 heterocycles. The lowest BCUT2D eigenvalue weighted by atomic mass is 10.2. The van der Waals surface area contributed by atoms with Crippen molar-refractivity contribution >= 4 is 39.4 Å². The first-order valence-corrected chi connectivity index (χ1v) is 11.9. The van der Waals surface area contributed by atoms with Crippen LogP contribution < -0.4 is 5.32 Å². The van der Waals surface area contributed by atoms with Crippen LogP contribution in [-0.2, 0) is 24.3 Å². The monoisotopic (exact) mass is 473 g/mol. The van der Waals surface area contributed by atoms with Crippen molar-refractivity contribution in [3.63, 3.8) is 0 Å². The molecule has 0 atom stereocenters. The van der Waals surface area contributed by atoms with Crippen molar-refractivity contribution in [3.05, 3.63) is 28.8 Å². The summed E-state index contributed by atoms with van der Waals surface area (Å²) in [5.74, 6) is -1.70. The fourth-order valence-electron chi connectivity index (χ4n) is 3.11. The SMILES string of the molecule is CCN(CC(=O)NC(C)C)C(=O)COC(=O)c1ccc(Cl)c(S(=O)(=O)N2CCCC2)c1. The summed E-state index contributed by atoms with van der Waals surface area (Å²) < 4.78 is 32.0.